The first-order valence-electron chi connectivity index (χ1n) is 9.27. The summed E-state index contributed by atoms with van der Waals surface area (Å²) in [5, 5.41) is 8.31. The molecule has 27 heavy (non-hydrogen) atoms. The van der Waals surface area contributed by atoms with Crippen LogP contribution < -0.4 is 5.32 Å². The van der Waals surface area contributed by atoms with Crippen molar-refractivity contribution in [1.29, 1.82) is 0 Å². The van der Waals surface area contributed by atoms with E-state index in [2.05, 4.69) is 53.4 Å². The van der Waals surface area contributed by atoms with Gasteiger partial charge in [-0.15, -0.1) is 5.10 Å². The zero-order valence-electron chi connectivity index (χ0n) is 15.9. The van der Waals surface area contributed by atoms with E-state index in [1.54, 1.807) is 0 Å². The summed E-state index contributed by atoms with van der Waals surface area (Å²) in [5.41, 5.74) is 5.64. The maximum Gasteiger partial charge on any atom is 0.254 e. The predicted molar refractivity (Wildman–Crippen MR) is 109 cm³/mol. The van der Waals surface area contributed by atoms with Crippen molar-refractivity contribution >= 4 is 11.6 Å². The second-order valence-corrected chi connectivity index (χ2v) is 6.73. The van der Waals surface area contributed by atoms with Gasteiger partial charge in [0, 0.05) is 23.4 Å². The summed E-state index contributed by atoms with van der Waals surface area (Å²) in [7, 11) is 0. The Labute approximate surface area is 159 Å². The highest BCUT2D eigenvalue weighted by molar-refractivity contribution is 5.60. The van der Waals surface area contributed by atoms with Gasteiger partial charge in [-0.2, -0.15) is 9.50 Å². The predicted octanol–water partition coefficient (Wildman–Crippen LogP) is 4.58. The van der Waals surface area contributed by atoms with Crippen LogP contribution in [0, 0.1) is 13.8 Å². The lowest BCUT2D eigenvalue weighted by atomic mass is 10.1. The highest BCUT2D eigenvalue weighted by atomic mass is 15.4. The molecule has 5 heteroatoms. The van der Waals surface area contributed by atoms with E-state index < -0.39 is 0 Å². The molecule has 0 aliphatic heterocycles. The average Bonchev–Trinajstić information content (AvgIpc) is 3.11. The third-order valence-corrected chi connectivity index (χ3v) is 4.76. The van der Waals surface area contributed by atoms with Crippen molar-refractivity contribution < 1.29 is 0 Å². The summed E-state index contributed by atoms with van der Waals surface area (Å²) in [6, 6.07) is 18.6. The maximum atomic E-state index is 4.74. The van der Waals surface area contributed by atoms with Crippen molar-refractivity contribution in [1.82, 2.24) is 19.6 Å². The Balaban J connectivity index is 1.76. The van der Waals surface area contributed by atoms with Crippen LogP contribution in [0.2, 0.25) is 0 Å². The topological polar surface area (TPSA) is 55.1 Å². The van der Waals surface area contributed by atoms with Gasteiger partial charge >= 0.3 is 0 Å². The third-order valence-electron chi connectivity index (χ3n) is 4.76. The summed E-state index contributed by atoms with van der Waals surface area (Å²) in [5.74, 6) is 2.28. The fourth-order valence-corrected chi connectivity index (χ4v) is 3.25. The molecule has 0 aliphatic rings. The molecule has 0 radical (unpaired) electrons. The minimum atomic E-state index is 0.620. The monoisotopic (exact) mass is 357 g/mol. The molecular formula is C22H23N5. The number of aromatic nitrogens is 4. The molecule has 0 spiro atoms. The van der Waals surface area contributed by atoms with E-state index in [1.807, 2.05) is 41.8 Å². The van der Waals surface area contributed by atoms with Gasteiger partial charge in [-0.1, -0.05) is 67.1 Å². The molecule has 0 fully saturated rings. The summed E-state index contributed by atoms with van der Waals surface area (Å²) >= 11 is 0. The third kappa shape index (κ3) is 3.40. The van der Waals surface area contributed by atoms with Crippen molar-refractivity contribution in [2.45, 2.75) is 33.7 Å². The number of nitrogens with zero attached hydrogens (tertiary/aromatic N) is 4. The van der Waals surface area contributed by atoms with Gasteiger partial charge in [0.25, 0.3) is 5.78 Å². The van der Waals surface area contributed by atoms with Crippen LogP contribution in [0.3, 0.4) is 0 Å². The van der Waals surface area contributed by atoms with E-state index in [9.17, 15) is 0 Å². The van der Waals surface area contributed by atoms with Gasteiger partial charge in [-0.3, -0.25) is 0 Å². The molecule has 4 aromatic rings. The summed E-state index contributed by atoms with van der Waals surface area (Å²) in [6.45, 7) is 7.00. The first-order chi connectivity index (χ1) is 13.2. The van der Waals surface area contributed by atoms with E-state index in [0.717, 1.165) is 30.0 Å². The number of fused-ring (bicyclic) bond motifs is 1. The van der Waals surface area contributed by atoms with E-state index in [1.165, 1.54) is 16.7 Å². The van der Waals surface area contributed by atoms with E-state index in [-0.39, 0.29) is 0 Å². The zero-order chi connectivity index (χ0) is 18.8. The van der Waals surface area contributed by atoms with E-state index >= 15 is 0 Å². The van der Waals surface area contributed by atoms with Crippen molar-refractivity contribution in [2.24, 2.45) is 0 Å². The first-order valence-corrected chi connectivity index (χ1v) is 9.27. The van der Waals surface area contributed by atoms with Crippen LogP contribution >= 0.6 is 0 Å². The zero-order valence-corrected chi connectivity index (χ0v) is 15.9. The summed E-state index contributed by atoms with van der Waals surface area (Å²) in [6.07, 6.45) is 0.880. The Morgan fingerprint density at radius 1 is 0.926 bits per heavy atom. The Morgan fingerprint density at radius 3 is 2.37 bits per heavy atom. The lowest BCUT2D eigenvalue weighted by molar-refractivity contribution is 0.886. The average molecular weight is 357 g/mol. The number of anilines is 1. The number of benzene rings is 2. The molecule has 2 heterocycles. The molecule has 0 aliphatic carbocycles. The molecule has 4 rings (SSSR count). The highest BCUT2D eigenvalue weighted by Crippen LogP contribution is 2.23. The molecular weight excluding hydrogens is 334 g/mol. The lowest BCUT2D eigenvalue weighted by Crippen LogP contribution is -2.11. The van der Waals surface area contributed by atoms with Gasteiger partial charge in [-0.05, 0) is 25.8 Å². The summed E-state index contributed by atoms with van der Waals surface area (Å²) < 4.78 is 1.84. The van der Waals surface area contributed by atoms with Gasteiger partial charge in [0.2, 0.25) is 0 Å². The lowest BCUT2D eigenvalue weighted by Gasteiger charge is -2.14. The molecule has 0 amide bonds. The number of nitrogens with one attached hydrogen (secondary N) is 1. The quantitative estimate of drug-likeness (QED) is 0.568. The first kappa shape index (κ1) is 17.2. The van der Waals surface area contributed by atoms with Crippen molar-refractivity contribution in [2.75, 3.05) is 5.32 Å². The molecule has 0 atom stereocenters. The Kier molecular flexibility index (Phi) is 4.59. The Bertz CT molecular complexity index is 1070. The van der Waals surface area contributed by atoms with Crippen LogP contribution in [0.4, 0.5) is 5.82 Å². The van der Waals surface area contributed by atoms with Gasteiger partial charge in [0.05, 0.1) is 0 Å². The van der Waals surface area contributed by atoms with Crippen LogP contribution in [-0.4, -0.2) is 19.6 Å². The second-order valence-electron chi connectivity index (χ2n) is 6.73. The summed E-state index contributed by atoms with van der Waals surface area (Å²) in [4.78, 5) is 9.32. The molecule has 1 N–H and O–H groups in total. The van der Waals surface area contributed by atoms with Gasteiger partial charge in [0.15, 0.2) is 5.82 Å². The van der Waals surface area contributed by atoms with Crippen LogP contribution in [0.25, 0.3) is 17.2 Å². The van der Waals surface area contributed by atoms with E-state index in [4.69, 9.17) is 5.10 Å². The normalized spacial score (nSPS) is 11.1. The number of aryl methyl sites for hydroxylation is 2. The Morgan fingerprint density at radius 2 is 1.67 bits per heavy atom. The maximum absolute atomic E-state index is 4.74. The van der Waals surface area contributed by atoms with Crippen molar-refractivity contribution in [3.8, 4) is 11.4 Å². The molecule has 5 nitrogen and oxygen atoms in total. The smallest absolute Gasteiger partial charge is 0.254 e. The standard InChI is InChI=1S/C22H23N5/c1-4-19-16(3)24-22-25-20(18-8-6-5-7-9-18)26-27(22)21(19)23-14-17-12-10-15(2)11-13-17/h5-13,23H,4,14H2,1-3H3. The fraction of sp³-hybridized carbons (Fsp3) is 0.227. The largest absolute Gasteiger partial charge is 0.366 e. The van der Waals surface area contributed by atoms with Gasteiger partial charge < -0.3 is 5.32 Å². The van der Waals surface area contributed by atoms with Crippen LogP contribution in [0.15, 0.2) is 54.6 Å². The SMILES string of the molecule is CCc1c(C)nc2nc(-c3ccccc3)nn2c1NCc1ccc(C)cc1. The Hall–Kier alpha value is -3.21. The molecule has 136 valence electrons. The second kappa shape index (κ2) is 7.19. The van der Waals surface area contributed by atoms with Gasteiger partial charge in [0.1, 0.15) is 5.82 Å². The van der Waals surface area contributed by atoms with Gasteiger partial charge in [-0.25, -0.2) is 4.98 Å². The van der Waals surface area contributed by atoms with Crippen LogP contribution in [0.1, 0.15) is 29.3 Å². The number of hydrogen-bond acceptors (Lipinski definition) is 4. The highest BCUT2D eigenvalue weighted by Gasteiger charge is 2.16. The number of rotatable bonds is 5. The number of hydrogen-bond donors (Lipinski definition) is 1. The van der Waals surface area contributed by atoms with Crippen molar-refractivity contribution in [3.63, 3.8) is 0 Å². The molecule has 0 saturated carbocycles. The molecule has 2 aromatic heterocycles. The molecule has 0 unspecified atom stereocenters. The van der Waals surface area contributed by atoms with E-state index in [0.29, 0.717) is 11.6 Å². The molecule has 0 bridgehead atoms. The van der Waals surface area contributed by atoms with Crippen LogP contribution in [0.5, 0.6) is 0 Å². The van der Waals surface area contributed by atoms with Crippen molar-refractivity contribution in [3.05, 3.63) is 77.0 Å². The minimum Gasteiger partial charge on any atom is -0.366 e. The fourth-order valence-electron chi connectivity index (χ4n) is 3.25. The molecule has 2 aromatic carbocycles. The van der Waals surface area contributed by atoms with Crippen LogP contribution in [-0.2, 0) is 13.0 Å². The minimum absolute atomic E-state index is 0.620. The molecule has 0 saturated heterocycles.